The van der Waals surface area contributed by atoms with Crippen LogP contribution in [-0.4, -0.2) is 12.0 Å². The van der Waals surface area contributed by atoms with Gasteiger partial charge in [0.05, 0.1) is 0 Å². The molecule has 1 heterocycles. The summed E-state index contributed by atoms with van der Waals surface area (Å²) in [5.41, 5.74) is 5.32. The highest BCUT2D eigenvalue weighted by atomic mass is 16.5. The number of cyclic esters (lactones) is 1. The first-order valence-corrected chi connectivity index (χ1v) is 2.85. The average molecular weight is 127 g/mol. The molecule has 0 bridgehead atoms. The second kappa shape index (κ2) is 2.19. The lowest BCUT2D eigenvalue weighted by atomic mass is 10.1. The summed E-state index contributed by atoms with van der Waals surface area (Å²) in [5.74, 6) is 0.174. The molecule has 1 aliphatic rings. The molecular weight excluding hydrogens is 118 g/mol. The van der Waals surface area contributed by atoms with Crippen molar-refractivity contribution in [3.8, 4) is 0 Å². The maximum atomic E-state index is 10.6. The van der Waals surface area contributed by atoms with Crippen LogP contribution in [0.2, 0.25) is 0 Å². The van der Waals surface area contributed by atoms with Crippen LogP contribution >= 0.6 is 0 Å². The minimum atomic E-state index is -0.435. The lowest BCUT2D eigenvalue weighted by Crippen LogP contribution is -2.35. The Morgan fingerprint density at radius 1 is 1.78 bits per heavy atom. The van der Waals surface area contributed by atoms with E-state index in [0.29, 0.717) is 18.6 Å². The zero-order valence-corrected chi connectivity index (χ0v) is 5.09. The number of hydrogen-bond acceptors (Lipinski definition) is 3. The van der Waals surface area contributed by atoms with Crippen molar-refractivity contribution in [1.82, 2.24) is 0 Å². The van der Waals surface area contributed by atoms with Gasteiger partial charge in [0, 0.05) is 6.42 Å². The topological polar surface area (TPSA) is 52.3 Å². The summed E-state index contributed by atoms with van der Waals surface area (Å²) < 4.78 is 4.64. The van der Waals surface area contributed by atoms with E-state index in [0.717, 1.165) is 0 Å². The molecule has 2 N–H and O–H groups in total. The summed E-state index contributed by atoms with van der Waals surface area (Å²) in [4.78, 5) is 10.6. The predicted octanol–water partition coefficient (Wildman–Crippen LogP) is 0.164. The summed E-state index contributed by atoms with van der Waals surface area (Å²) >= 11 is 0. The van der Waals surface area contributed by atoms with Crippen molar-refractivity contribution in [3.63, 3.8) is 0 Å². The molecule has 9 heavy (non-hydrogen) atoms. The quantitative estimate of drug-likeness (QED) is 0.472. The molecule has 0 aromatic rings. The molecule has 0 amide bonds. The first kappa shape index (κ1) is 6.29. The van der Waals surface area contributed by atoms with Crippen molar-refractivity contribution in [1.29, 1.82) is 0 Å². The van der Waals surface area contributed by atoms with E-state index in [1.807, 2.05) is 0 Å². The van der Waals surface area contributed by atoms with Gasteiger partial charge in [-0.2, -0.15) is 0 Å². The SMILES string of the molecule is C=C1CC[C@@H](N)C(=O)O1. The Labute approximate surface area is 53.5 Å². The molecule has 1 atom stereocenters. The van der Waals surface area contributed by atoms with Crippen LogP contribution in [0.4, 0.5) is 0 Å². The number of rotatable bonds is 0. The standard InChI is InChI=1S/C6H9NO2/c1-4-2-3-5(7)6(8)9-4/h5H,1-3,7H2/t5-/m1/s1. The van der Waals surface area contributed by atoms with E-state index >= 15 is 0 Å². The average Bonchev–Trinajstić information content (AvgIpc) is 1.80. The summed E-state index contributed by atoms with van der Waals surface area (Å²) in [6, 6.07) is -0.435. The highest BCUT2D eigenvalue weighted by molar-refractivity contribution is 5.77. The minimum Gasteiger partial charge on any atom is -0.431 e. The fraction of sp³-hybridized carbons (Fsp3) is 0.500. The van der Waals surface area contributed by atoms with Gasteiger partial charge >= 0.3 is 5.97 Å². The predicted molar refractivity (Wildman–Crippen MR) is 32.4 cm³/mol. The third kappa shape index (κ3) is 1.29. The molecule has 1 rings (SSSR count). The number of hydrogen-bond donors (Lipinski definition) is 1. The highest BCUT2D eigenvalue weighted by Crippen LogP contribution is 2.13. The van der Waals surface area contributed by atoms with E-state index in [9.17, 15) is 4.79 Å². The molecule has 0 saturated carbocycles. The van der Waals surface area contributed by atoms with E-state index in [1.165, 1.54) is 0 Å². The van der Waals surface area contributed by atoms with Crippen LogP contribution in [0.25, 0.3) is 0 Å². The third-order valence-electron chi connectivity index (χ3n) is 1.28. The molecule has 50 valence electrons. The maximum absolute atomic E-state index is 10.6. The number of allylic oxidation sites excluding steroid dienone is 1. The first-order valence-electron chi connectivity index (χ1n) is 2.85. The van der Waals surface area contributed by atoms with Crippen molar-refractivity contribution in [3.05, 3.63) is 12.3 Å². The normalized spacial score (nSPS) is 27.9. The van der Waals surface area contributed by atoms with Crippen molar-refractivity contribution in [2.45, 2.75) is 18.9 Å². The first-order chi connectivity index (χ1) is 4.20. The van der Waals surface area contributed by atoms with Crippen LogP contribution in [0.3, 0.4) is 0 Å². The molecule has 0 spiro atoms. The lowest BCUT2D eigenvalue weighted by Gasteiger charge is -2.17. The van der Waals surface area contributed by atoms with Gasteiger partial charge in [0.1, 0.15) is 11.8 Å². The zero-order valence-electron chi connectivity index (χ0n) is 5.09. The Balaban J connectivity index is 2.54. The van der Waals surface area contributed by atoms with Crippen molar-refractivity contribution < 1.29 is 9.53 Å². The smallest absolute Gasteiger partial charge is 0.327 e. The maximum Gasteiger partial charge on any atom is 0.327 e. The van der Waals surface area contributed by atoms with Gasteiger partial charge in [-0.3, -0.25) is 0 Å². The summed E-state index contributed by atoms with van der Waals surface area (Å²) in [7, 11) is 0. The molecule has 3 nitrogen and oxygen atoms in total. The Kier molecular flexibility index (Phi) is 1.53. The summed E-state index contributed by atoms with van der Waals surface area (Å²) in [6.07, 6.45) is 1.37. The molecule has 0 radical (unpaired) electrons. The molecule has 0 aliphatic carbocycles. The van der Waals surface area contributed by atoms with Gasteiger partial charge in [-0.25, -0.2) is 4.79 Å². The van der Waals surface area contributed by atoms with Crippen molar-refractivity contribution in [2.24, 2.45) is 5.73 Å². The molecule has 1 aliphatic heterocycles. The summed E-state index contributed by atoms with van der Waals surface area (Å²) in [6.45, 7) is 3.50. The van der Waals surface area contributed by atoms with Crippen LogP contribution in [0.15, 0.2) is 12.3 Å². The lowest BCUT2D eigenvalue weighted by molar-refractivity contribution is -0.143. The van der Waals surface area contributed by atoms with Gasteiger partial charge < -0.3 is 10.5 Å². The Morgan fingerprint density at radius 2 is 2.44 bits per heavy atom. The van der Waals surface area contributed by atoms with Crippen LogP contribution < -0.4 is 5.73 Å². The summed E-state index contributed by atoms with van der Waals surface area (Å²) in [5, 5.41) is 0. The van der Waals surface area contributed by atoms with E-state index < -0.39 is 6.04 Å². The van der Waals surface area contributed by atoms with Gasteiger partial charge in [0.15, 0.2) is 0 Å². The third-order valence-corrected chi connectivity index (χ3v) is 1.28. The van der Waals surface area contributed by atoms with E-state index in [-0.39, 0.29) is 5.97 Å². The Bertz CT molecular complexity index is 153. The van der Waals surface area contributed by atoms with Gasteiger partial charge in [-0.05, 0) is 6.42 Å². The molecule has 0 aromatic carbocycles. The number of carbonyl (C=O) groups is 1. The van der Waals surface area contributed by atoms with Crippen LogP contribution in [-0.2, 0) is 9.53 Å². The molecular formula is C6H9NO2. The van der Waals surface area contributed by atoms with Crippen molar-refractivity contribution >= 4 is 5.97 Å². The molecule has 1 saturated heterocycles. The number of esters is 1. The van der Waals surface area contributed by atoms with Gasteiger partial charge in [0.2, 0.25) is 0 Å². The van der Waals surface area contributed by atoms with Gasteiger partial charge in [-0.15, -0.1) is 0 Å². The van der Waals surface area contributed by atoms with E-state index in [2.05, 4.69) is 11.3 Å². The van der Waals surface area contributed by atoms with E-state index in [1.54, 1.807) is 0 Å². The Hall–Kier alpha value is -0.830. The van der Waals surface area contributed by atoms with Gasteiger partial charge in [0.25, 0.3) is 0 Å². The van der Waals surface area contributed by atoms with E-state index in [4.69, 9.17) is 5.73 Å². The minimum absolute atomic E-state index is 0.355. The molecule has 0 unspecified atom stereocenters. The van der Waals surface area contributed by atoms with Crippen LogP contribution in [0.5, 0.6) is 0 Å². The molecule has 1 fully saturated rings. The van der Waals surface area contributed by atoms with Crippen molar-refractivity contribution in [2.75, 3.05) is 0 Å². The van der Waals surface area contributed by atoms with Crippen LogP contribution in [0, 0.1) is 0 Å². The van der Waals surface area contributed by atoms with Gasteiger partial charge in [-0.1, -0.05) is 6.58 Å². The zero-order chi connectivity index (χ0) is 6.85. The fourth-order valence-electron chi connectivity index (χ4n) is 0.703. The number of ether oxygens (including phenoxy) is 1. The second-order valence-corrected chi connectivity index (χ2v) is 2.10. The second-order valence-electron chi connectivity index (χ2n) is 2.10. The molecule has 0 aromatic heterocycles. The monoisotopic (exact) mass is 127 g/mol. The van der Waals surface area contributed by atoms with Crippen LogP contribution in [0.1, 0.15) is 12.8 Å². The Morgan fingerprint density at radius 3 is 2.89 bits per heavy atom. The fourth-order valence-corrected chi connectivity index (χ4v) is 0.703. The largest absolute Gasteiger partial charge is 0.431 e. The number of nitrogens with two attached hydrogens (primary N) is 1. The highest BCUT2D eigenvalue weighted by Gasteiger charge is 2.21. The number of carbonyl (C=O) groups excluding carboxylic acids is 1. The molecule has 3 heteroatoms.